The van der Waals surface area contributed by atoms with Crippen LogP contribution in [0.2, 0.25) is 0 Å². The average Bonchev–Trinajstić information content (AvgIpc) is 2.82. The number of anilines is 2. The Morgan fingerprint density at radius 1 is 0.667 bits per heavy atom. The van der Waals surface area contributed by atoms with Crippen molar-refractivity contribution in [2.75, 3.05) is 50.3 Å². The quantitative estimate of drug-likeness (QED) is 0.173. The van der Waals surface area contributed by atoms with Crippen LogP contribution >= 0.6 is 0 Å². The Balaban J connectivity index is 3.02. The molecule has 0 amide bonds. The molecule has 0 saturated carbocycles. The van der Waals surface area contributed by atoms with Gasteiger partial charge in [0, 0.05) is 27.2 Å². The third kappa shape index (κ3) is 13.0. The van der Waals surface area contributed by atoms with E-state index in [0.29, 0.717) is 25.0 Å². The lowest BCUT2D eigenvalue weighted by Gasteiger charge is -2.33. The van der Waals surface area contributed by atoms with Gasteiger partial charge in [0.05, 0.1) is 0 Å². The van der Waals surface area contributed by atoms with E-state index in [1.807, 2.05) is 0 Å². The first-order chi connectivity index (χ1) is 17.3. The summed E-state index contributed by atoms with van der Waals surface area (Å²) in [6.07, 6.45) is 14.7. The molecule has 0 aliphatic heterocycles. The van der Waals surface area contributed by atoms with E-state index in [4.69, 9.17) is 0 Å². The maximum absolute atomic E-state index is 11.4. The van der Waals surface area contributed by atoms with Crippen molar-refractivity contribution in [3.05, 3.63) is 6.33 Å². The summed E-state index contributed by atoms with van der Waals surface area (Å²) in [6.45, 7) is 5.17. The lowest BCUT2D eigenvalue weighted by atomic mass is 10.1. The molecule has 1 aromatic heterocycles. The maximum Gasteiger partial charge on any atom is 0.319 e. The number of unbranched alkanes of at least 4 members (excludes halogenated alkanes) is 10. The van der Waals surface area contributed by atoms with Gasteiger partial charge >= 0.3 is 11.9 Å². The fourth-order valence-electron chi connectivity index (χ4n) is 4.02. The molecule has 0 fully saturated rings. The van der Waals surface area contributed by atoms with Crippen molar-refractivity contribution in [2.45, 2.75) is 90.9 Å². The number of likely N-dealkylation sites (N-methyl/N-ethyl adjacent to an activating group) is 2. The van der Waals surface area contributed by atoms with E-state index < -0.39 is 11.9 Å². The number of hydrogen-bond acceptors (Lipinski definition) is 9. The van der Waals surface area contributed by atoms with Crippen LogP contribution in [-0.2, 0) is 9.59 Å². The van der Waals surface area contributed by atoms with Crippen LogP contribution in [0.5, 0.6) is 0 Å². The van der Waals surface area contributed by atoms with E-state index in [9.17, 15) is 19.8 Å². The number of aromatic nitrogens is 3. The first-order valence-corrected chi connectivity index (χ1v) is 13.4. The second-order valence-corrected chi connectivity index (χ2v) is 9.29. The molecule has 1 aromatic rings. The van der Waals surface area contributed by atoms with Crippen LogP contribution in [0.15, 0.2) is 6.33 Å². The van der Waals surface area contributed by atoms with Crippen molar-refractivity contribution in [1.29, 1.82) is 0 Å². The molecule has 0 aliphatic carbocycles. The molecule has 0 aliphatic rings. The molecule has 0 saturated heterocycles. The number of hydrogen-bond donors (Lipinski definition) is 2. The Kier molecular flexibility index (Phi) is 16.4. The largest absolute Gasteiger partial charge is 0.480 e. The summed E-state index contributed by atoms with van der Waals surface area (Å²) >= 11 is 0. The van der Waals surface area contributed by atoms with Gasteiger partial charge in [-0.3, -0.25) is 19.6 Å². The molecule has 0 aromatic carbocycles. The standard InChI is InChI=1S/C25H47N7O4/c1-5-7-9-11-13-15-17-31(29(3)19-22(33)34)24-26-21-27-25(28-24)32(30(4)20-23(35)36)18-16-14-12-10-8-6-2/h21H,5-20H2,1-4H3,(H,33,34)(H,35,36). The van der Waals surface area contributed by atoms with Gasteiger partial charge in [-0.25, -0.2) is 10.0 Å². The van der Waals surface area contributed by atoms with Crippen molar-refractivity contribution >= 4 is 23.8 Å². The summed E-state index contributed by atoms with van der Waals surface area (Å²) in [5, 5.41) is 25.4. The SMILES string of the molecule is CCCCCCCCN(c1ncnc(N(CCCCCCCC)N(C)CC(=O)O)n1)N(C)CC(=O)O. The Morgan fingerprint density at radius 3 is 1.39 bits per heavy atom. The van der Waals surface area contributed by atoms with Gasteiger partial charge in [-0.05, 0) is 12.8 Å². The van der Waals surface area contributed by atoms with E-state index >= 15 is 0 Å². The lowest BCUT2D eigenvalue weighted by Crippen LogP contribution is -2.46. The van der Waals surface area contributed by atoms with E-state index in [1.54, 1.807) is 34.1 Å². The first-order valence-electron chi connectivity index (χ1n) is 13.4. The van der Waals surface area contributed by atoms with Crippen molar-refractivity contribution in [3.63, 3.8) is 0 Å². The minimum absolute atomic E-state index is 0.183. The van der Waals surface area contributed by atoms with Gasteiger partial charge in [0.15, 0.2) is 0 Å². The Bertz CT molecular complexity index is 696. The van der Waals surface area contributed by atoms with Crippen LogP contribution < -0.4 is 10.0 Å². The highest BCUT2D eigenvalue weighted by Crippen LogP contribution is 2.18. The molecular formula is C25H47N7O4. The number of carbonyl (C=O) groups is 2. The van der Waals surface area contributed by atoms with Gasteiger partial charge in [0.1, 0.15) is 19.4 Å². The van der Waals surface area contributed by atoms with E-state index in [2.05, 4.69) is 28.8 Å². The van der Waals surface area contributed by atoms with Gasteiger partial charge in [-0.2, -0.15) is 15.0 Å². The highest BCUT2D eigenvalue weighted by atomic mass is 16.4. The molecule has 2 N–H and O–H groups in total. The number of carboxylic acids is 2. The maximum atomic E-state index is 11.4. The van der Waals surface area contributed by atoms with Crippen LogP contribution in [0.25, 0.3) is 0 Å². The van der Waals surface area contributed by atoms with Crippen molar-refractivity contribution < 1.29 is 19.8 Å². The highest BCUT2D eigenvalue weighted by molar-refractivity contribution is 5.69. The average molecular weight is 510 g/mol. The summed E-state index contributed by atoms with van der Waals surface area (Å²) < 4.78 is 0. The fraction of sp³-hybridized carbons (Fsp3) is 0.800. The molecule has 1 rings (SSSR count). The molecular weight excluding hydrogens is 462 g/mol. The molecule has 0 spiro atoms. The van der Waals surface area contributed by atoms with E-state index in [0.717, 1.165) is 38.5 Å². The number of aliphatic carboxylic acids is 2. The number of carboxylic acid groups (broad SMARTS) is 2. The molecule has 36 heavy (non-hydrogen) atoms. The molecule has 0 unspecified atom stereocenters. The monoisotopic (exact) mass is 509 g/mol. The van der Waals surface area contributed by atoms with E-state index in [1.165, 1.54) is 44.9 Å². The Labute approximate surface area is 216 Å². The smallest absolute Gasteiger partial charge is 0.319 e. The summed E-state index contributed by atoms with van der Waals surface area (Å²) in [5.74, 6) is -1.17. The van der Waals surface area contributed by atoms with Crippen LogP contribution in [0.1, 0.15) is 90.9 Å². The fourth-order valence-corrected chi connectivity index (χ4v) is 4.02. The normalized spacial score (nSPS) is 11.3. The molecule has 0 atom stereocenters. The van der Waals surface area contributed by atoms with Crippen LogP contribution in [0.3, 0.4) is 0 Å². The van der Waals surface area contributed by atoms with Gasteiger partial charge in [0.2, 0.25) is 11.9 Å². The Morgan fingerprint density at radius 2 is 1.03 bits per heavy atom. The number of hydrazine groups is 2. The van der Waals surface area contributed by atoms with E-state index in [-0.39, 0.29) is 13.1 Å². The minimum atomic E-state index is -0.939. The second kappa shape index (κ2) is 18.7. The van der Waals surface area contributed by atoms with Gasteiger partial charge in [0.25, 0.3) is 0 Å². The first kappa shape index (κ1) is 31.5. The van der Waals surface area contributed by atoms with Crippen molar-refractivity contribution in [1.82, 2.24) is 25.0 Å². The third-order valence-electron chi connectivity index (χ3n) is 6.01. The predicted molar refractivity (Wildman–Crippen MR) is 142 cm³/mol. The molecule has 11 nitrogen and oxygen atoms in total. The molecule has 0 radical (unpaired) electrons. The van der Waals surface area contributed by atoms with Crippen molar-refractivity contribution in [3.8, 4) is 0 Å². The highest BCUT2D eigenvalue weighted by Gasteiger charge is 2.22. The zero-order valence-electron chi connectivity index (χ0n) is 22.7. The topological polar surface area (TPSA) is 126 Å². The lowest BCUT2D eigenvalue weighted by molar-refractivity contribution is -0.139. The van der Waals surface area contributed by atoms with Crippen LogP contribution in [-0.4, -0.2) is 87.4 Å². The summed E-state index contributed by atoms with van der Waals surface area (Å²) in [5.41, 5.74) is 0. The van der Waals surface area contributed by atoms with Gasteiger partial charge in [-0.1, -0.05) is 78.1 Å². The molecule has 11 heteroatoms. The van der Waals surface area contributed by atoms with Gasteiger partial charge < -0.3 is 10.2 Å². The minimum Gasteiger partial charge on any atom is -0.480 e. The number of nitrogens with zero attached hydrogens (tertiary/aromatic N) is 7. The number of rotatable bonds is 22. The van der Waals surface area contributed by atoms with Crippen LogP contribution in [0.4, 0.5) is 11.9 Å². The third-order valence-corrected chi connectivity index (χ3v) is 6.01. The molecule has 206 valence electrons. The molecule has 1 heterocycles. The van der Waals surface area contributed by atoms with Gasteiger partial charge in [-0.15, -0.1) is 0 Å². The van der Waals surface area contributed by atoms with Crippen molar-refractivity contribution in [2.24, 2.45) is 0 Å². The predicted octanol–water partition coefficient (Wildman–Crippen LogP) is 4.07. The van der Waals surface area contributed by atoms with Crippen LogP contribution in [0, 0.1) is 0 Å². The Hall–Kier alpha value is -2.53. The summed E-state index contributed by atoms with van der Waals surface area (Å²) in [7, 11) is 3.42. The zero-order valence-corrected chi connectivity index (χ0v) is 22.7. The summed E-state index contributed by atoms with van der Waals surface area (Å²) in [4.78, 5) is 36.1. The second-order valence-electron chi connectivity index (χ2n) is 9.29. The zero-order chi connectivity index (χ0) is 26.8. The summed E-state index contributed by atoms with van der Waals surface area (Å²) in [6, 6.07) is 0. The molecule has 0 bridgehead atoms.